The third-order valence-corrected chi connectivity index (χ3v) is 6.03. The Morgan fingerprint density at radius 1 is 1.24 bits per heavy atom. The lowest BCUT2D eigenvalue weighted by atomic mass is 10.1. The van der Waals surface area contributed by atoms with E-state index < -0.39 is 0 Å². The summed E-state index contributed by atoms with van der Waals surface area (Å²) in [6.45, 7) is 4.02. The van der Waals surface area contributed by atoms with Gasteiger partial charge in [-0.3, -0.25) is 9.59 Å². The minimum Gasteiger partial charge on any atom is -0.493 e. The van der Waals surface area contributed by atoms with Gasteiger partial charge in [0.15, 0.2) is 11.5 Å². The average molecular weight is 497 g/mol. The van der Waals surface area contributed by atoms with Gasteiger partial charge >= 0.3 is 0 Å². The molecule has 0 saturated carbocycles. The van der Waals surface area contributed by atoms with Gasteiger partial charge in [0, 0.05) is 5.02 Å². The Kier molecular flexibility index (Phi) is 6.93. The molecule has 1 atom stereocenters. The molecule has 1 aliphatic heterocycles. The van der Waals surface area contributed by atoms with E-state index in [4.69, 9.17) is 21.1 Å². The summed E-state index contributed by atoms with van der Waals surface area (Å²) in [7, 11) is 1.56. The van der Waals surface area contributed by atoms with Crippen LogP contribution in [0, 0.1) is 0 Å². The maximum absolute atomic E-state index is 12.8. The standard InChI is InChI=1S/C21H19BrClNO4S/c1-4-12(2)28-19-16(22)9-13(10-17(19)27-3)11-18-20(25)24(21(26)29-18)15-7-5-14(23)6-8-15/h5-12H,4H2,1-3H3/b18-11+/t12-/m0/s1. The van der Waals surface area contributed by atoms with Crippen LogP contribution in [0.25, 0.3) is 6.08 Å². The number of hydrogen-bond donors (Lipinski definition) is 0. The second-order valence-electron chi connectivity index (χ2n) is 6.36. The van der Waals surface area contributed by atoms with Crippen molar-refractivity contribution in [3.05, 3.63) is 56.4 Å². The predicted octanol–water partition coefficient (Wildman–Crippen LogP) is 6.53. The number of hydrogen-bond acceptors (Lipinski definition) is 5. The molecule has 1 aliphatic rings. The molecule has 5 nitrogen and oxygen atoms in total. The number of ether oxygens (including phenoxy) is 2. The highest BCUT2D eigenvalue weighted by Gasteiger charge is 2.36. The van der Waals surface area contributed by atoms with Gasteiger partial charge in [0.25, 0.3) is 11.1 Å². The van der Waals surface area contributed by atoms with Crippen molar-refractivity contribution in [1.82, 2.24) is 0 Å². The summed E-state index contributed by atoms with van der Waals surface area (Å²) in [5.74, 6) is 0.772. The Morgan fingerprint density at radius 3 is 2.55 bits per heavy atom. The summed E-state index contributed by atoms with van der Waals surface area (Å²) in [5.41, 5.74) is 1.20. The number of methoxy groups -OCH3 is 1. The molecule has 0 bridgehead atoms. The summed E-state index contributed by atoms with van der Waals surface area (Å²) in [6.07, 6.45) is 2.55. The van der Waals surface area contributed by atoms with Crippen molar-refractivity contribution in [2.24, 2.45) is 0 Å². The maximum Gasteiger partial charge on any atom is 0.298 e. The lowest BCUT2D eigenvalue weighted by Gasteiger charge is -2.17. The first-order valence-electron chi connectivity index (χ1n) is 8.91. The second-order valence-corrected chi connectivity index (χ2v) is 8.65. The predicted molar refractivity (Wildman–Crippen MR) is 121 cm³/mol. The Balaban J connectivity index is 1.92. The van der Waals surface area contributed by atoms with Crippen LogP contribution in [0.3, 0.4) is 0 Å². The Labute approximate surface area is 187 Å². The largest absolute Gasteiger partial charge is 0.493 e. The molecular formula is C21H19BrClNO4S. The van der Waals surface area contributed by atoms with Crippen molar-refractivity contribution < 1.29 is 19.1 Å². The van der Waals surface area contributed by atoms with Crippen molar-refractivity contribution in [2.75, 3.05) is 12.0 Å². The molecule has 3 rings (SSSR count). The summed E-state index contributed by atoms with van der Waals surface area (Å²) >= 11 is 10.3. The zero-order valence-corrected chi connectivity index (χ0v) is 19.2. The molecule has 0 aliphatic carbocycles. The minimum atomic E-state index is -0.377. The van der Waals surface area contributed by atoms with Crippen LogP contribution in [-0.2, 0) is 4.79 Å². The number of benzene rings is 2. The van der Waals surface area contributed by atoms with E-state index in [1.54, 1.807) is 43.5 Å². The van der Waals surface area contributed by atoms with Crippen molar-refractivity contribution in [2.45, 2.75) is 26.4 Å². The van der Waals surface area contributed by atoms with Crippen LogP contribution in [0.15, 0.2) is 45.8 Å². The van der Waals surface area contributed by atoms with Crippen LogP contribution in [0.4, 0.5) is 10.5 Å². The van der Waals surface area contributed by atoms with Crippen molar-refractivity contribution in [3.8, 4) is 11.5 Å². The second kappa shape index (κ2) is 9.24. The van der Waals surface area contributed by atoms with Gasteiger partial charge in [-0.25, -0.2) is 4.90 Å². The number of thioether (sulfide) groups is 1. The molecule has 8 heteroatoms. The zero-order valence-electron chi connectivity index (χ0n) is 16.1. The van der Waals surface area contributed by atoms with Crippen molar-refractivity contribution in [3.63, 3.8) is 0 Å². The Morgan fingerprint density at radius 2 is 1.93 bits per heavy atom. The first-order chi connectivity index (χ1) is 13.8. The number of halogens is 2. The molecule has 0 N–H and O–H groups in total. The fraction of sp³-hybridized carbons (Fsp3) is 0.238. The van der Waals surface area contributed by atoms with E-state index in [-0.39, 0.29) is 17.3 Å². The molecule has 2 aromatic carbocycles. The van der Waals surface area contributed by atoms with E-state index in [0.29, 0.717) is 37.2 Å². The third-order valence-electron chi connectivity index (χ3n) is 4.32. The third kappa shape index (κ3) is 4.79. The molecule has 1 heterocycles. The molecule has 2 amide bonds. The van der Waals surface area contributed by atoms with Crippen LogP contribution in [0.5, 0.6) is 11.5 Å². The molecule has 0 unspecified atom stereocenters. The van der Waals surface area contributed by atoms with Gasteiger partial charge in [0.1, 0.15) is 0 Å². The van der Waals surface area contributed by atoms with E-state index in [1.165, 1.54) is 0 Å². The molecule has 1 saturated heterocycles. The number of rotatable bonds is 6. The SMILES string of the molecule is CC[C@H](C)Oc1c(Br)cc(/C=C2/SC(=O)N(c3ccc(Cl)cc3)C2=O)cc1OC. The lowest BCUT2D eigenvalue weighted by Crippen LogP contribution is -2.27. The Bertz CT molecular complexity index is 977. The maximum atomic E-state index is 12.8. The number of anilines is 1. The van der Waals surface area contributed by atoms with E-state index in [1.807, 2.05) is 19.9 Å². The van der Waals surface area contributed by atoms with Gasteiger partial charge in [-0.1, -0.05) is 18.5 Å². The molecule has 29 heavy (non-hydrogen) atoms. The first-order valence-corrected chi connectivity index (χ1v) is 10.9. The quantitative estimate of drug-likeness (QED) is 0.426. The van der Waals surface area contributed by atoms with Gasteiger partial charge in [-0.15, -0.1) is 0 Å². The average Bonchev–Trinajstić information content (AvgIpc) is 2.97. The molecule has 0 aromatic heterocycles. The number of imide groups is 1. The molecule has 2 aromatic rings. The van der Waals surface area contributed by atoms with Crippen molar-refractivity contribution in [1.29, 1.82) is 0 Å². The van der Waals surface area contributed by atoms with Gasteiger partial charge in [0.2, 0.25) is 0 Å². The lowest BCUT2D eigenvalue weighted by molar-refractivity contribution is -0.113. The highest BCUT2D eigenvalue weighted by atomic mass is 79.9. The van der Waals surface area contributed by atoms with Crippen LogP contribution in [-0.4, -0.2) is 24.4 Å². The number of nitrogens with zero attached hydrogens (tertiary/aromatic N) is 1. The van der Waals surface area contributed by atoms with Crippen LogP contribution >= 0.6 is 39.3 Å². The van der Waals surface area contributed by atoms with E-state index >= 15 is 0 Å². The van der Waals surface area contributed by atoms with E-state index in [2.05, 4.69) is 15.9 Å². The topological polar surface area (TPSA) is 55.8 Å². The monoisotopic (exact) mass is 495 g/mol. The summed E-state index contributed by atoms with van der Waals surface area (Å²) < 4.78 is 12.1. The Hall–Kier alpha value is -1.96. The summed E-state index contributed by atoms with van der Waals surface area (Å²) in [5, 5.41) is 0.180. The molecule has 0 radical (unpaired) electrons. The zero-order chi connectivity index (χ0) is 21.1. The van der Waals surface area contributed by atoms with E-state index in [9.17, 15) is 9.59 Å². The molecular weight excluding hydrogens is 478 g/mol. The summed E-state index contributed by atoms with van der Waals surface area (Å²) in [6, 6.07) is 10.2. The highest BCUT2D eigenvalue weighted by molar-refractivity contribution is 9.10. The molecule has 0 spiro atoms. The fourth-order valence-electron chi connectivity index (χ4n) is 2.65. The fourth-order valence-corrected chi connectivity index (χ4v) is 4.17. The minimum absolute atomic E-state index is 0.0296. The van der Waals surface area contributed by atoms with Crippen LogP contribution in [0.2, 0.25) is 5.02 Å². The van der Waals surface area contributed by atoms with E-state index in [0.717, 1.165) is 23.1 Å². The van der Waals surface area contributed by atoms with Gasteiger partial charge in [-0.2, -0.15) is 0 Å². The van der Waals surface area contributed by atoms with Gasteiger partial charge < -0.3 is 9.47 Å². The van der Waals surface area contributed by atoms with Crippen molar-refractivity contribution >= 4 is 62.2 Å². The van der Waals surface area contributed by atoms with Gasteiger partial charge in [0.05, 0.1) is 28.3 Å². The van der Waals surface area contributed by atoms with Gasteiger partial charge in [-0.05, 0) is 89.1 Å². The number of amides is 2. The molecule has 152 valence electrons. The highest BCUT2D eigenvalue weighted by Crippen LogP contribution is 2.40. The molecule has 1 fully saturated rings. The van der Waals surface area contributed by atoms with Crippen LogP contribution in [0.1, 0.15) is 25.8 Å². The smallest absolute Gasteiger partial charge is 0.298 e. The normalized spacial score (nSPS) is 16.4. The first kappa shape index (κ1) is 21.7. The number of carbonyl (C=O) groups is 2. The summed E-state index contributed by atoms with van der Waals surface area (Å²) in [4.78, 5) is 26.7. The van der Waals surface area contributed by atoms with Crippen LogP contribution < -0.4 is 14.4 Å². The number of carbonyl (C=O) groups excluding carboxylic acids is 2.